The molecule has 0 aromatic heterocycles. The second kappa shape index (κ2) is 11.1. The van der Waals surface area contributed by atoms with Crippen LogP contribution < -0.4 is 10.6 Å². The normalized spacial score (nSPS) is 13.5. The molecule has 0 aliphatic heterocycles. The average molecular weight is 471 g/mol. The van der Waals surface area contributed by atoms with Crippen LogP contribution in [0.2, 0.25) is 0 Å². The van der Waals surface area contributed by atoms with Gasteiger partial charge in [-0.1, -0.05) is 42.5 Å². The van der Waals surface area contributed by atoms with Gasteiger partial charge in [0.05, 0.1) is 6.54 Å². The molecule has 0 saturated carbocycles. The molecule has 1 unspecified atom stereocenters. The number of guanidine groups is 1. The van der Waals surface area contributed by atoms with Gasteiger partial charge in [-0.15, -0.1) is 24.0 Å². The van der Waals surface area contributed by atoms with Gasteiger partial charge in [-0.05, 0) is 43.5 Å². The lowest BCUT2D eigenvalue weighted by atomic mass is 9.96. The monoisotopic (exact) mass is 471 g/mol. The largest absolute Gasteiger partial charge is 0.384 e. The minimum Gasteiger partial charge on any atom is -0.384 e. The molecule has 0 aliphatic carbocycles. The molecule has 0 aliphatic rings. The van der Waals surface area contributed by atoms with Gasteiger partial charge in [0.2, 0.25) is 0 Å². The first kappa shape index (κ1) is 22.4. The lowest BCUT2D eigenvalue weighted by molar-refractivity contribution is 0.0672. The SMILES string of the molecule is CCNC(=NCC(C)(O)c1ccccc1)NCCc1ccc(F)cc1.I. The maximum absolute atomic E-state index is 12.9. The van der Waals surface area contributed by atoms with Crippen molar-refractivity contribution in [2.75, 3.05) is 19.6 Å². The van der Waals surface area contributed by atoms with Crippen molar-refractivity contribution < 1.29 is 9.50 Å². The second-order valence-corrected chi connectivity index (χ2v) is 6.14. The summed E-state index contributed by atoms with van der Waals surface area (Å²) in [5.74, 6) is 0.426. The number of nitrogens with zero attached hydrogens (tertiary/aromatic N) is 1. The van der Waals surface area contributed by atoms with Crippen LogP contribution in [0, 0.1) is 5.82 Å². The first-order chi connectivity index (χ1) is 12.0. The lowest BCUT2D eigenvalue weighted by Crippen LogP contribution is -2.39. The van der Waals surface area contributed by atoms with Crippen LogP contribution in [0.15, 0.2) is 59.6 Å². The van der Waals surface area contributed by atoms with E-state index in [2.05, 4.69) is 15.6 Å². The zero-order chi connectivity index (χ0) is 18.1. The van der Waals surface area contributed by atoms with Gasteiger partial charge in [0, 0.05) is 13.1 Å². The van der Waals surface area contributed by atoms with Crippen LogP contribution in [0.4, 0.5) is 4.39 Å². The molecule has 0 amide bonds. The van der Waals surface area contributed by atoms with Crippen LogP contribution in [0.5, 0.6) is 0 Å². The van der Waals surface area contributed by atoms with Gasteiger partial charge < -0.3 is 15.7 Å². The topological polar surface area (TPSA) is 56.7 Å². The smallest absolute Gasteiger partial charge is 0.191 e. The molecule has 2 aromatic rings. The predicted molar refractivity (Wildman–Crippen MR) is 116 cm³/mol. The summed E-state index contributed by atoms with van der Waals surface area (Å²) in [6, 6.07) is 16.0. The summed E-state index contributed by atoms with van der Waals surface area (Å²) < 4.78 is 12.9. The van der Waals surface area contributed by atoms with E-state index in [4.69, 9.17) is 0 Å². The van der Waals surface area contributed by atoms with Crippen LogP contribution in [0.3, 0.4) is 0 Å². The highest BCUT2D eigenvalue weighted by Gasteiger charge is 2.22. The third-order valence-corrected chi connectivity index (χ3v) is 3.90. The molecular formula is C20H27FIN3O. The number of nitrogens with one attached hydrogen (secondary N) is 2. The highest BCUT2D eigenvalue weighted by Crippen LogP contribution is 2.20. The Kier molecular flexibility index (Phi) is 9.58. The summed E-state index contributed by atoms with van der Waals surface area (Å²) in [5.41, 5.74) is 0.863. The Balaban J connectivity index is 0.00000338. The van der Waals surface area contributed by atoms with Gasteiger partial charge >= 0.3 is 0 Å². The van der Waals surface area contributed by atoms with E-state index in [1.165, 1.54) is 12.1 Å². The van der Waals surface area contributed by atoms with Crippen molar-refractivity contribution in [1.82, 2.24) is 10.6 Å². The maximum Gasteiger partial charge on any atom is 0.191 e. The van der Waals surface area contributed by atoms with E-state index in [0.717, 1.165) is 24.1 Å². The van der Waals surface area contributed by atoms with Crippen LogP contribution in [0.1, 0.15) is 25.0 Å². The van der Waals surface area contributed by atoms with Crippen LogP contribution in [-0.2, 0) is 12.0 Å². The zero-order valence-electron chi connectivity index (χ0n) is 15.2. The lowest BCUT2D eigenvalue weighted by Gasteiger charge is -2.22. The molecule has 0 bridgehead atoms. The summed E-state index contributed by atoms with van der Waals surface area (Å²) in [6.07, 6.45) is 0.764. The number of halogens is 2. The minimum atomic E-state index is -1.03. The fraction of sp³-hybridized carbons (Fsp3) is 0.350. The molecule has 6 heteroatoms. The van der Waals surface area contributed by atoms with E-state index < -0.39 is 5.60 Å². The third-order valence-electron chi connectivity index (χ3n) is 3.90. The molecule has 0 spiro atoms. The Hall–Kier alpha value is -1.67. The van der Waals surface area contributed by atoms with Crippen molar-refractivity contribution in [3.05, 3.63) is 71.5 Å². The number of benzene rings is 2. The fourth-order valence-electron chi connectivity index (χ4n) is 2.44. The average Bonchev–Trinajstić information content (AvgIpc) is 2.62. The molecule has 0 heterocycles. The first-order valence-corrected chi connectivity index (χ1v) is 8.56. The number of hydrogen-bond donors (Lipinski definition) is 3. The van der Waals surface area contributed by atoms with Crippen molar-refractivity contribution in [2.45, 2.75) is 25.9 Å². The highest BCUT2D eigenvalue weighted by atomic mass is 127. The second-order valence-electron chi connectivity index (χ2n) is 6.14. The molecule has 2 aromatic carbocycles. The van der Waals surface area contributed by atoms with Gasteiger partial charge in [0.1, 0.15) is 11.4 Å². The number of hydrogen-bond acceptors (Lipinski definition) is 2. The fourth-order valence-corrected chi connectivity index (χ4v) is 2.44. The van der Waals surface area contributed by atoms with E-state index >= 15 is 0 Å². The summed E-state index contributed by atoms with van der Waals surface area (Å²) >= 11 is 0. The molecule has 3 N–H and O–H groups in total. The summed E-state index contributed by atoms with van der Waals surface area (Å²) in [4.78, 5) is 4.49. The number of rotatable bonds is 7. The van der Waals surface area contributed by atoms with Crippen LogP contribution in [0.25, 0.3) is 0 Å². The quantitative estimate of drug-likeness (QED) is 0.330. The Morgan fingerprint density at radius 3 is 2.35 bits per heavy atom. The molecule has 142 valence electrons. The van der Waals surface area contributed by atoms with E-state index in [-0.39, 0.29) is 36.3 Å². The first-order valence-electron chi connectivity index (χ1n) is 8.56. The van der Waals surface area contributed by atoms with Crippen molar-refractivity contribution in [3.8, 4) is 0 Å². The molecular weight excluding hydrogens is 444 g/mol. The van der Waals surface area contributed by atoms with Crippen molar-refractivity contribution in [2.24, 2.45) is 4.99 Å². The van der Waals surface area contributed by atoms with E-state index in [9.17, 15) is 9.50 Å². The molecule has 0 fully saturated rings. The molecule has 1 atom stereocenters. The van der Waals surface area contributed by atoms with Gasteiger partial charge in [-0.25, -0.2) is 9.38 Å². The number of aliphatic imine (C=N–C) groups is 1. The van der Waals surface area contributed by atoms with E-state index in [0.29, 0.717) is 12.5 Å². The molecule has 0 radical (unpaired) electrons. The van der Waals surface area contributed by atoms with Gasteiger partial charge in [0.15, 0.2) is 5.96 Å². The molecule has 2 rings (SSSR count). The van der Waals surface area contributed by atoms with Crippen LogP contribution >= 0.6 is 24.0 Å². The van der Waals surface area contributed by atoms with Gasteiger partial charge in [0.25, 0.3) is 0 Å². The molecule has 0 saturated heterocycles. The van der Waals surface area contributed by atoms with Crippen molar-refractivity contribution in [1.29, 1.82) is 0 Å². The van der Waals surface area contributed by atoms with Crippen molar-refractivity contribution >= 4 is 29.9 Å². The Labute approximate surface area is 172 Å². The van der Waals surface area contributed by atoms with E-state index in [1.54, 1.807) is 19.1 Å². The Morgan fingerprint density at radius 2 is 1.73 bits per heavy atom. The van der Waals surface area contributed by atoms with Gasteiger partial charge in [-0.2, -0.15) is 0 Å². The van der Waals surface area contributed by atoms with Crippen molar-refractivity contribution in [3.63, 3.8) is 0 Å². The zero-order valence-corrected chi connectivity index (χ0v) is 17.5. The highest BCUT2D eigenvalue weighted by molar-refractivity contribution is 14.0. The third kappa shape index (κ3) is 7.29. The Bertz CT molecular complexity index is 675. The van der Waals surface area contributed by atoms with E-state index in [1.807, 2.05) is 37.3 Å². The summed E-state index contributed by atoms with van der Waals surface area (Å²) in [7, 11) is 0. The maximum atomic E-state index is 12.9. The number of aliphatic hydroxyl groups is 1. The minimum absolute atomic E-state index is 0. The van der Waals surface area contributed by atoms with Crippen LogP contribution in [-0.4, -0.2) is 30.7 Å². The molecule has 4 nitrogen and oxygen atoms in total. The van der Waals surface area contributed by atoms with Gasteiger partial charge in [-0.3, -0.25) is 0 Å². The molecule has 26 heavy (non-hydrogen) atoms. The summed E-state index contributed by atoms with van der Waals surface area (Å²) in [6.45, 7) is 5.41. The summed E-state index contributed by atoms with van der Waals surface area (Å²) in [5, 5.41) is 17.0. The Morgan fingerprint density at radius 1 is 1.08 bits per heavy atom. The standard InChI is InChI=1S/C20H26FN3O.HI/c1-3-22-19(23-14-13-16-9-11-18(21)12-10-16)24-15-20(2,25)17-7-5-4-6-8-17;/h4-12,25H,3,13-15H2,1-2H3,(H2,22,23,24);1H. The predicted octanol–water partition coefficient (Wildman–Crippen LogP) is 3.45.